The van der Waals surface area contributed by atoms with Crippen LogP contribution in [0.25, 0.3) is 5.57 Å². The maximum absolute atomic E-state index is 13.6. The Hall–Kier alpha value is -2.95. The van der Waals surface area contributed by atoms with Crippen molar-refractivity contribution in [1.82, 2.24) is 20.6 Å². The number of hydrogen-bond acceptors (Lipinski definition) is 6. The lowest BCUT2D eigenvalue weighted by molar-refractivity contribution is 0.156. The van der Waals surface area contributed by atoms with E-state index in [1.807, 2.05) is 6.07 Å². The van der Waals surface area contributed by atoms with Crippen LogP contribution in [0.3, 0.4) is 0 Å². The zero-order valence-corrected chi connectivity index (χ0v) is 13.0. The van der Waals surface area contributed by atoms with Crippen LogP contribution in [-0.4, -0.2) is 26.7 Å². The summed E-state index contributed by atoms with van der Waals surface area (Å²) < 4.78 is 19.6. The summed E-state index contributed by atoms with van der Waals surface area (Å²) in [5, 5.41) is 25.3. The highest BCUT2D eigenvalue weighted by Gasteiger charge is 2.17. The molecule has 0 spiro atoms. The Balaban J connectivity index is 1.79. The summed E-state index contributed by atoms with van der Waals surface area (Å²) in [4.78, 5) is 0. The zero-order chi connectivity index (χ0) is 16.8. The van der Waals surface area contributed by atoms with Crippen molar-refractivity contribution in [2.24, 2.45) is 0 Å². The number of tetrazole rings is 1. The molecule has 0 saturated heterocycles. The third kappa shape index (κ3) is 3.87. The van der Waals surface area contributed by atoms with E-state index in [-0.39, 0.29) is 23.3 Å². The van der Waals surface area contributed by atoms with Crippen molar-refractivity contribution in [3.8, 4) is 11.8 Å². The number of anilines is 1. The van der Waals surface area contributed by atoms with E-state index in [9.17, 15) is 9.65 Å². The number of aromatic amines is 1. The summed E-state index contributed by atoms with van der Waals surface area (Å²) in [5.41, 5.74) is 0.633. The molecule has 8 heteroatoms. The van der Waals surface area contributed by atoms with E-state index >= 15 is 0 Å². The third-order valence-corrected chi connectivity index (χ3v) is 3.87. The molecule has 1 heterocycles. The molecule has 24 heavy (non-hydrogen) atoms. The minimum absolute atomic E-state index is 0.140. The number of hydrogen-bond donors (Lipinski definition) is 2. The second-order valence-corrected chi connectivity index (χ2v) is 5.57. The fourth-order valence-electron chi connectivity index (χ4n) is 2.65. The maximum Gasteiger partial charge on any atom is 0.216 e. The molecule has 3 rings (SSSR count). The first-order valence-electron chi connectivity index (χ1n) is 7.83. The van der Waals surface area contributed by atoms with E-state index in [1.54, 1.807) is 6.07 Å². The molecule has 2 aromatic rings. The lowest BCUT2D eigenvalue weighted by Gasteiger charge is -2.24. The average Bonchev–Trinajstić information content (AvgIpc) is 3.13. The van der Waals surface area contributed by atoms with E-state index < -0.39 is 0 Å². The molecule has 1 aromatic heterocycles. The van der Waals surface area contributed by atoms with Gasteiger partial charge in [-0.3, -0.25) is 0 Å². The van der Waals surface area contributed by atoms with Gasteiger partial charge in [-0.15, -0.1) is 10.2 Å². The van der Waals surface area contributed by atoms with E-state index in [0.29, 0.717) is 11.4 Å². The smallest absolute Gasteiger partial charge is 0.216 e. The van der Waals surface area contributed by atoms with E-state index in [0.717, 1.165) is 25.7 Å². The normalized spacial score (nSPS) is 15.8. The zero-order valence-electron chi connectivity index (χ0n) is 13.0. The van der Waals surface area contributed by atoms with Crippen molar-refractivity contribution in [3.63, 3.8) is 0 Å². The SMILES string of the molecule is N#CC(=CNc1cc(F)ccc1OC1CCCCC1)c1nn[nH]n1. The minimum atomic E-state index is -0.389. The molecule has 1 saturated carbocycles. The van der Waals surface area contributed by atoms with Gasteiger partial charge in [0, 0.05) is 12.3 Å². The van der Waals surface area contributed by atoms with Crippen LogP contribution < -0.4 is 10.1 Å². The first-order chi connectivity index (χ1) is 11.8. The van der Waals surface area contributed by atoms with Crippen LogP contribution in [0.15, 0.2) is 24.4 Å². The predicted octanol–water partition coefficient (Wildman–Crippen LogP) is 3.03. The molecule has 1 aliphatic rings. The van der Waals surface area contributed by atoms with Crippen molar-refractivity contribution >= 4 is 11.3 Å². The predicted molar refractivity (Wildman–Crippen MR) is 85.3 cm³/mol. The van der Waals surface area contributed by atoms with Crippen molar-refractivity contribution in [2.75, 3.05) is 5.32 Å². The Kier molecular flexibility index (Phi) is 5.01. The van der Waals surface area contributed by atoms with Gasteiger partial charge in [0.15, 0.2) is 0 Å². The van der Waals surface area contributed by atoms with Gasteiger partial charge in [-0.1, -0.05) is 6.42 Å². The first kappa shape index (κ1) is 15.9. The Morgan fingerprint density at radius 1 is 1.38 bits per heavy atom. The van der Waals surface area contributed by atoms with Gasteiger partial charge >= 0.3 is 0 Å². The Morgan fingerprint density at radius 3 is 2.92 bits per heavy atom. The summed E-state index contributed by atoms with van der Waals surface area (Å²) >= 11 is 0. The lowest BCUT2D eigenvalue weighted by atomic mass is 9.98. The second kappa shape index (κ2) is 7.55. The van der Waals surface area contributed by atoms with Crippen LogP contribution in [0.2, 0.25) is 0 Å². The van der Waals surface area contributed by atoms with Gasteiger partial charge in [0.25, 0.3) is 0 Å². The molecule has 0 radical (unpaired) electrons. The number of halogens is 1. The molecule has 0 atom stereocenters. The van der Waals surface area contributed by atoms with E-state index in [1.165, 1.54) is 24.8 Å². The van der Waals surface area contributed by atoms with Gasteiger partial charge < -0.3 is 10.1 Å². The molecule has 7 nitrogen and oxygen atoms in total. The van der Waals surface area contributed by atoms with Gasteiger partial charge in [-0.05, 0) is 43.0 Å². The fraction of sp³-hybridized carbons (Fsp3) is 0.375. The quantitative estimate of drug-likeness (QED) is 0.818. The number of aromatic nitrogens is 4. The molecule has 0 bridgehead atoms. The van der Waals surface area contributed by atoms with Gasteiger partial charge in [0.1, 0.15) is 23.2 Å². The van der Waals surface area contributed by atoms with Crippen molar-refractivity contribution < 1.29 is 9.13 Å². The van der Waals surface area contributed by atoms with E-state index in [2.05, 4.69) is 25.9 Å². The van der Waals surface area contributed by atoms with Gasteiger partial charge in [-0.25, -0.2) is 4.39 Å². The molecular formula is C16H17FN6O. The number of nitrogens with one attached hydrogen (secondary N) is 2. The largest absolute Gasteiger partial charge is 0.488 e. The summed E-state index contributed by atoms with van der Waals surface area (Å²) in [7, 11) is 0. The summed E-state index contributed by atoms with van der Waals surface area (Å²) in [6.07, 6.45) is 7.07. The summed E-state index contributed by atoms with van der Waals surface area (Å²) in [5.74, 6) is 0.334. The van der Waals surface area contributed by atoms with Crippen LogP contribution in [0.4, 0.5) is 10.1 Å². The standard InChI is InChI=1S/C16H17FN6O/c17-12-6-7-15(24-13-4-2-1-3-5-13)14(8-12)19-10-11(9-18)16-20-22-23-21-16/h6-8,10,13,19H,1-5H2,(H,20,21,22,23). The van der Waals surface area contributed by atoms with Gasteiger partial charge in [0.2, 0.25) is 5.82 Å². The third-order valence-electron chi connectivity index (χ3n) is 3.87. The van der Waals surface area contributed by atoms with Crippen LogP contribution in [0, 0.1) is 17.1 Å². The molecular weight excluding hydrogens is 311 g/mol. The summed E-state index contributed by atoms with van der Waals surface area (Å²) in [6.45, 7) is 0. The number of nitriles is 1. The molecule has 0 unspecified atom stereocenters. The molecule has 0 aliphatic heterocycles. The average molecular weight is 328 g/mol. The number of H-pyrrole nitrogens is 1. The summed E-state index contributed by atoms with van der Waals surface area (Å²) in [6, 6.07) is 6.26. The second-order valence-electron chi connectivity index (χ2n) is 5.57. The lowest BCUT2D eigenvalue weighted by Crippen LogP contribution is -2.20. The van der Waals surface area contributed by atoms with E-state index in [4.69, 9.17) is 4.74 Å². The Bertz CT molecular complexity index is 746. The van der Waals surface area contributed by atoms with Crippen molar-refractivity contribution in [1.29, 1.82) is 5.26 Å². The number of nitrogens with zero attached hydrogens (tertiary/aromatic N) is 4. The first-order valence-corrected chi connectivity index (χ1v) is 7.83. The number of ether oxygens (including phenoxy) is 1. The highest BCUT2D eigenvalue weighted by molar-refractivity contribution is 5.74. The molecule has 1 aliphatic carbocycles. The van der Waals surface area contributed by atoms with Crippen molar-refractivity contribution in [3.05, 3.63) is 36.0 Å². The molecule has 1 fully saturated rings. The highest BCUT2D eigenvalue weighted by atomic mass is 19.1. The molecule has 124 valence electrons. The van der Waals surface area contributed by atoms with Crippen LogP contribution in [0.5, 0.6) is 5.75 Å². The van der Waals surface area contributed by atoms with Crippen LogP contribution in [0.1, 0.15) is 37.9 Å². The Labute approximate surface area is 138 Å². The molecule has 2 N–H and O–H groups in total. The molecule has 0 amide bonds. The highest BCUT2D eigenvalue weighted by Crippen LogP contribution is 2.30. The van der Waals surface area contributed by atoms with Gasteiger partial charge in [0.05, 0.1) is 11.8 Å². The number of rotatable bonds is 5. The maximum atomic E-state index is 13.6. The Morgan fingerprint density at radius 2 is 2.21 bits per heavy atom. The topological polar surface area (TPSA) is 99.5 Å². The number of benzene rings is 1. The monoisotopic (exact) mass is 328 g/mol. The van der Waals surface area contributed by atoms with Crippen LogP contribution in [-0.2, 0) is 0 Å². The van der Waals surface area contributed by atoms with Crippen molar-refractivity contribution in [2.45, 2.75) is 38.2 Å². The van der Waals surface area contributed by atoms with Crippen LogP contribution >= 0.6 is 0 Å². The fourth-order valence-corrected chi connectivity index (χ4v) is 2.65. The van der Waals surface area contributed by atoms with Gasteiger partial charge in [-0.2, -0.15) is 10.5 Å². The minimum Gasteiger partial charge on any atom is -0.488 e. The number of allylic oxidation sites excluding steroid dienone is 1. The molecule has 1 aromatic carbocycles.